The SMILES string of the molecule is C/C=C(\C=C/CC)c1cncnn1. The highest BCUT2D eigenvalue weighted by molar-refractivity contribution is 5.70. The van der Waals surface area contributed by atoms with Crippen molar-refractivity contribution in [1.29, 1.82) is 0 Å². The smallest absolute Gasteiger partial charge is 0.138 e. The minimum Gasteiger partial charge on any atom is -0.241 e. The van der Waals surface area contributed by atoms with Crippen LogP contribution in [0.3, 0.4) is 0 Å². The highest BCUT2D eigenvalue weighted by atomic mass is 15.1. The summed E-state index contributed by atoms with van der Waals surface area (Å²) in [7, 11) is 0. The molecule has 0 bridgehead atoms. The molecule has 0 radical (unpaired) electrons. The summed E-state index contributed by atoms with van der Waals surface area (Å²) in [6, 6.07) is 0. The third kappa shape index (κ3) is 2.78. The first-order valence-electron chi connectivity index (χ1n) is 4.34. The molecular weight excluding hydrogens is 162 g/mol. The second kappa shape index (κ2) is 5.19. The van der Waals surface area contributed by atoms with Gasteiger partial charge < -0.3 is 0 Å². The Morgan fingerprint density at radius 1 is 1.54 bits per heavy atom. The first-order valence-corrected chi connectivity index (χ1v) is 4.34. The summed E-state index contributed by atoms with van der Waals surface area (Å²) in [6.45, 7) is 4.07. The van der Waals surface area contributed by atoms with Crippen LogP contribution in [-0.2, 0) is 0 Å². The maximum Gasteiger partial charge on any atom is 0.138 e. The Balaban J connectivity index is 2.87. The fourth-order valence-electron chi connectivity index (χ4n) is 0.954. The standard InChI is InChI=1S/C10H13N3/c1-3-5-6-9(4-2)10-7-11-8-12-13-10/h4-8H,3H2,1-2H3/b6-5-,9-4+. The fourth-order valence-corrected chi connectivity index (χ4v) is 0.954. The molecule has 68 valence electrons. The van der Waals surface area contributed by atoms with Crippen LogP contribution in [0.25, 0.3) is 5.57 Å². The third-order valence-corrected chi connectivity index (χ3v) is 1.62. The summed E-state index contributed by atoms with van der Waals surface area (Å²) in [5, 5.41) is 7.70. The summed E-state index contributed by atoms with van der Waals surface area (Å²) in [4.78, 5) is 3.91. The number of aromatic nitrogens is 3. The van der Waals surface area contributed by atoms with Crippen molar-refractivity contribution in [1.82, 2.24) is 15.2 Å². The van der Waals surface area contributed by atoms with E-state index >= 15 is 0 Å². The van der Waals surface area contributed by atoms with Crippen LogP contribution in [0.4, 0.5) is 0 Å². The van der Waals surface area contributed by atoms with Crippen molar-refractivity contribution in [3.8, 4) is 0 Å². The van der Waals surface area contributed by atoms with Gasteiger partial charge in [-0.05, 0) is 18.9 Å². The summed E-state index contributed by atoms with van der Waals surface area (Å²) in [5.74, 6) is 0. The second-order valence-electron chi connectivity index (χ2n) is 2.55. The van der Waals surface area contributed by atoms with Gasteiger partial charge in [0, 0.05) is 0 Å². The van der Waals surface area contributed by atoms with E-state index in [1.54, 1.807) is 6.20 Å². The van der Waals surface area contributed by atoms with Gasteiger partial charge in [0.15, 0.2) is 0 Å². The molecule has 1 aromatic rings. The van der Waals surface area contributed by atoms with E-state index in [1.807, 2.05) is 19.1 Å². The number of allylic oxidation sites excluding steroid dienone is 4. The Labute approximate surface area is 78.2 Å². The average molecular weight is 175 g/mol. The van der Waals surface area contributed by atoms with Gasteiger partial charge in [-0.25, -0.2) is 4.98 Å². The van der Waals surface area contributed by atoms with E-state index in [4.69, 9.17) is 0 Å². The van der Waals surface area contributed by atoms with Crippen LogP contribution in [-0.4, -0.2) is 15.2 Å². The lowest BCUT2D eigenvalue weighted by Crippen LogP contribution is -1.90. The van der Waals surface area contributed by atoms with E-state index in [9.17, 15) is 0 Å². The van der Waals surface area contributed by atoms with Gasteiger partial charge in [-0.15, -0.1) is 10.2 Å². The van der Waals surface area contributed by atoms with E-state index in [0.717, 1.165) is 17.7 Å². The lowest BCUT2D eigenvalue weighted by atomic mass is 10.1. The monoisotopic (exact) mass is 175 g/mol. The molecule has 0 aromatic carbocycles. The van der Waals surface area contributed by atoms with Gasteiger partial charge in [-0.2, -0.15) is 0 Å². The summed E-state index contributed by atoms with van der Waals surface area (Å²) in [5.41, 5.74) is 1.87. The molecule has 0 fully saturated rings. The number of hydrogen-bond donors (Lipinski definition) is 0. The van der Waals surface area contributed by atoms with Crippen LogP contribution < -0.4 is 0 Å². The largest absolute Gasteiger partial charge is 0.241 e. The maximum absolute atomic E-state index is 3.97. The molecule has 13 heavy (non-hydrogen) atoms. The molecular formula is C10H13N3. The van der Waals surface area contributed by atoms with Crippen LogP contribution in [0.1, 0.15) is 26.0 Å². The van der Waals surface area contributed by atoms with Crippen molar-refractivity contribution in [3.63, 3.8) is 0 Å². The third-order valence-electron chi connectivity index (χ3n) is 1.62. The molecule has 1 heterocycles. The van der Waals surface area contributed by atoms with Crippen LogP contribution >= 0.6 is 0 Å². The Morgan fingerprint density at radius 2 is 2.38 bits per heavy atom. The van der Waals surface area contributed by atoms with Gasteiger partial charge in [0.05, 0.1) is 6.20 Å². The molecule has 0 saturated carbocycles. The normalized spacial score (nSPS) is 12.3. The predicted molar refractivity (Wildman–Crippen MR) is 52.9 cm³/mol. The average Bonchev–Trinajstić information content (AvgIpc) is 2.21. The quantitative estimate of drug-likeness (QED) is 0.661. The molecule has 0 N–H and O–H groups in total. The number of hydrogen-bond acceptors (Lipinski definition) is 3. The molecule has 3 heteroatoms. The predicted octanol–water partition coefficient (Wildman–Crippen LogP) is 2.24. The van der Waals surface area contributed by atoms with E-state index < -0.39 is 0 Å². The Morgan fingerprint density at radius 3 is 2.92 bits per heavy atom. The van der Waals surface area contributed by atoms with E-state index in [0.29, 0.717) is 0 Å². The molecule has 0 aliphatic heterocycles. The van der Waals surface area contributed by atoms with Crippen molar-refractivity contribution in [2.45, 2.75) is 20.3 Å². The molecule has 0 unspecified atom stereocenters. The molecule has 1 rings (SSSR count). The zero-order chi connectivity index (χ0) is 9.52. The molecule has 1 aromatic heterocycles. The first-order chi connectivity index (χ1) is 6.38. The Kier molecular flexibility index (Phi) is 3.82. The minimum absolute atomic E-state index is 0.815. The van der Waals surface area contributed by atoms with Crippen molar-refractivity contribution in [2.75, 3.05) is 0 Å². The van der Waals surface area contributed by atoms with Gasteiger partial charge >= 0.3 is 0 Å². The van der Waals surface area contributed by atoms with Gasteiger partial charge in [-0.3, -0.25) is 0 Å². The van der Waals surface area contributed by atoms with Crippen LogP contribution in [0.5, 0.6) is 0 Å². The van der Waals surface area contributed by atoms with Crippen molar-refractivity contribution in [3.05, 3.63) is 36.4 Å². The van der Waals surface area contributed by atoms with E-state index in [2.05, 4.69) is 28.2 Å². The van der Waals surface area contributed by atoms with Crippen LogP contribution in [0.2, 0.25) is 0 Å². The van der Waals surface area contributed by atoms with Gasteiger partial charge in [-0.1, -0.05) is 25.2 Å². The lowest BCUT2D eigenvalue weighted by molar-refractivity contribution is 0.952. The van der Waals surface area contributed by atoms with Crippen molar-refractivity contribution in [2.24, 2.45) is 0 Å². The fraction of sp³-hybridized carbons (Fsp3) is 0.300. The van der Waals surface area contributed by atoms with Gasteiger partial charge in [0.25, 0.3) is 0 Å². The summed E-state index contributed by atoms with van der Waals surface area (Å²) >= 11 is 0. The topological polar surface area (TPSA) is 38.7 Å². The van der Waals surface area contributed by atoms with Crippen LogP contribution in [0, 0.1) is 0 Å². The highest BCUT2D eigenvalue weighted by Crippen LogP contribution is 2.10. The Bertz CT molecular complexity index is 301. The maximum atomic E-state index is 3.97. The number of rotatable bonds is 3. The van der Waals surface area contributed by atoms with Crippen molar-refractivity contribution >= 4 is 5.57 Å². The minimum atomic E-state index is 0.815. The molecule has 3 nitrogen and oxygen atoms in total. The lowest BCUT2D eigenvalue weighted by Gasteiger charge is -1.97. The molecule has 0 aliphatic rings. The van der Waals surface area contributed by atoms with E-state index in [-0.39, 0.29) is 0 Å². The second-order valence-corrected chi connectivity index (χ2v) is 2.55. The zero-order valence-electron chi connectivity index (χ0n) is 7.94. The molecule has 0 amide bonds. The van der Waals surface area contributed by atoms with Gasteiger partial charge in [0.2, 0.25) is 0 Å². The molecule has 0 spiro atoms. The molecule has 0 saturated heterocycles. The Hall–Kier alpha value is -1.51. The molecule has 0 aliphatic carbocycles. The summed E-state index contributed by atoms with van der Waals surface area (Å²) < 4.78 is 0. The van der Waals surface area contributed by atoms with Crippen LogP contribution in [0.15, 0.2) is 30.8 Å². The van der Waals surface area contributed by atoms with Crippen molar-refractivity contribution < 1.29 is 0 Å². The first kappa shape index (κ1) is 9.58. The number of nitrogens with zero attached hydrogens (tertiary/aromatic N) is 3. The summed E-state index contributed by atoms with van der Waals surface area (Å²) in [6.07, 6.45) is 10.3. The highest BCUT2D eigenvalue weighted by Gasteiger charge is 1.96. The van der Waals surface area contributed by atoms with E-state index in [1.165, 1.54) is 6.33 Å². The molecule has 0 atom stereocenters. The van der Waals surface area contributed by atoms with Gasteiger partial charge in [0.1, 0.15) is 12.0 Å². The zero-order valence-corrected chi connectivity index (χ0v) is 7.94.